The summed E-state index contributed by atoms with van der Waals surface area (Å²) in [6.07, 6.45) is 0.952. The third kappa shape index (κ3) is 2.20. The lowest BCUT2D eigenvalue weighted by Gasteiger charge is -2.27. The Bertz CT molecular complexity index is 433. The summed E-state index contributed by atoms with van der Waals surface area (Å²) in [4.78, 5) is 13.9. The van der Waals surface area contributed by atoms with Crippen molar-refractivity contribution in [1.29, 1.82) is 0 Å². The molecule has 1 saturated heterocycles. The maximum absolute atomic E-state index is 11.8. The molecule has 98 valence electrons. The van der Waals surface area contributed by atoms with Crippen molar-refractivity contribution in [3.8, 4) is 0 Å². The second-order valence-electron chi connectivity index (χ2n) is 4.67. The number of rotatable bonds is 3. The third-order valence-electron chi connectivity index (χ3n) is 3.77. The van der Waals surface area contributed by atoms with Crippen LogP contribution >= 0.6 is 0 Å². The summed E-state index contributed by atoms with van der Waals surface area (Å²) < 4.78 is 4.81. The van der Waals surface area contributed by atoms with E-state index in [4.69, 9.17) is 4.74 Å². The maximum atomic E-state index is 11.8. The number of benzene rings is 1. The van der Waals surface area contributed by atoms with E-state index in [1.54, 1.807) is 6.07 Å². The predicted molar refractivity (Wildman–Crippen MR) is 69.8 cm³/mol. The van der Waals surface area contributed by atoms with Gasteiger partial charge in [0.15, 0.2) is 0 Å². The number of methoxy groups -OCH3 is 1. The Morgan fingerprint density at radius 2 is 2.22 bits per heavy atom. The molecule has 1 heterocycles. The minimum absolute atomic E-state index is 0.193. The summed E-state index contributed by atoms with van der Waals surface area (Å²) in [5.41, 5.74) is 1.48. The Kier molecular flexibility index (Phi) is 3.87. The van der Waals surface area contributed by atoms with Crippen LogP contribution in [0.2, 0.25) is 0 Å². The van der Waals surface area contributed by atoms with Crippen LogP contribution in [-0.4, -0.2) is 37.4 Å². The Labute approximate surface area is 107 Å². The fraction of sp³-hybridized carbons (Fsp3) is 0.500. The van der Waals surface area contributed by atoms with Crippen LogP contribution in [0.5, 0.6) is 0 Å². The molecular formula is C14H19NO3. The highest BCUT2D eigenvalue weighted by atomic mass is 16.5. The number of nitrogens with zero attached hydrogens (tertiary/aromatic N) is 1. The van der Waals surface area contributed by atoms with Crippen molar-refractivity contribution in [3.63, 3.8) is 0 Å². The summed E-state index contributed by atoms with van der Waals surface area (Å²) in [6, 6.07) is 7.70. The summed E-state index contributed by atoms with van der Waals surface area (Å²) in [5, 5.41) is 9.31. The molecular weight excluding hydrogens is 230 g/mol. The van der Waals surface area contributed by atoms with Crippen molar-refractivity contribution in [2.45, 2.75) is 19.4 Å². The number of aliphatic hydroxyl groups excluding tert-OH is 1. The van der Waals surface area contributed by atoms with Gasteiger partial charge >= 0.3 is 5.97 Å². The number of aliphatic hydroxyl groups is 1. The Balaban J connectivity index is 2.31. The van der Waals surface area contributed by atoms with Gasteiger partial charge in [0.2, 0.25) is 0 Å². The molecule has 0 bridgehead atoms. The Morgan fingerprint density at radius 1 is 1.50 bits per heavy atom. The number of para-hydroxylation sites is 1. The molecule has 2 rings (SSSR count). The van der Waals surface area contributed by atoms with Crippen molar-refractivity contribution in [2.75, 3.05) is 25.2 Å². The van der Waals surface area contributed by atoms with E-state index >= 15 is 0 Å². The number of esters is 1. The van der Waals surface area contributed by atoms with Gasteiger partial charge in [-0.05, 0) is 25.5 Å². The molecule has 0 radical (unpaired) electrons. The molecule has 0 amide bonds. The predicted octanol–water partition coefficient (Wildman–Crippen LogP) is 1.68. The van der Waals surface area contributed by atoms with Gasteiger partial charge in [0, 0.05) is 25.1 Å². The molecule has 0 aromatic heterocycles. The van der Waals surface area contributed by atoms with Gasteiger partial charge in [-0.3, -0.25) is 0 Å². The van der Waals surface area contributed by atoms with Crippen LogP contribution in [0.3, 0.4) is 0 Å². The van der Waals surface area contributed by atoms with Crippen LogP contribution < -0.4 is 4.90 Å². The molecule has 1 aliphatic rings. The van der Waals surface area contributed by atoms with E-state index in [1.165, 1.54) is 7.11 Å². The molecule has 1 aliphatic heterocycles. The highest BCUT2D eigenvalue weighted by Gasteiger charge is 2.32. The molecule has 1 aromatic rings. The molecule has 18 heavy (non-hydrogen) atoms. The molecule has 0 spiro atoms. The molecule has 4 heteroatoms. The minimum atomic E-state index is -0.315. The summed E-state index contributed by atoms with van der Waals surface area (Å²) >= 11 is 0. The van der Waals surface area contributed by atoms with Crippen molar-refractivity contribution in [1.82, 2.24) is 0 Å². The van der Waals surface area contributed by atoms with E-state index in [0.717, 1.165) is 18.7 Å². The van der Waals surface area contributed by atoms with E-state index in [2.05, 4.69) is 11.8 Å². The zero-order valence-electron chi connectivity index (χ0n) is 10.8. The summed E-state index contributed by atoms with van der Waals surface area (Å²) in [6.45, 7) is 3.14. The van der Waals surface area contributed by atoms with E-state index in [1.807, 2.05) is 18.2 Å². The number of carbonyl (C=O) groups excluding carboxylic acids is 1. The van der Waals surface area contributed by atoms with Gasteiger partial charge in [-0.25, -0.2) is 4.79 Å². The van der Waals surface area contributed by atoms with E-state index < -0.39 is 0 Å². The lowest BCUT2D eigenvalue weighted by molar-refractivity contribution is 0.0601. The lowest BCUT2D eigenvalue weighted by Crippen LogP contribution is -2.32. The first-order valence-corrected chi connectivity index (χ1v) is 6.24. The third-order valence-corrected chi connectivity index (χ3v) is 3.77. The highest BCUT2D eigenvalue weighted by Crippen LogP contribution is 2.31. The number of ether oxygens (including phenoxy) is 1. The van der Waals surface area contributed by atoms with Crippen LogP contribution in [0.15, 0.2) is 24.3 Å². The fourth-order valence-corrected chi connectivity index (χ4v) is 2.59. The second kappa shape index (κ2) is 5.40. The van der Waals surface area contributed by atoms with Gasteiger partial charge in [0.1, 0.15) is 0 Å². The maximum Gasteiger partial charge on any atom is 0.339 e. The standard InChI is InChI=1S/C14H19NO3/c1-10-11(9-16)7-8-15(10)13-6-4-3-5-12(13)14(17)18-2/h3-6,10-11,16H,7-9H2,1-2H3. The quantitative estimate of drug-likeness (QED) is 0.828. The van der Waals surface area contributed by atoms with E-state index in [-0.39, 0.29) is 24.5 Å². The first kappa shape index (κ1) is 12.9. The van der Waals surface area contributed by atoms with Gasteiger partial charge in [-0.15, -0.1) is 0 Å². The van der Waals surface area contributed by atoms with E-state index in [0.29, 0.717) is 5.56 Å². The number of carbonyl (C=O) groups is 1. The molecule has 0 aliphatic carbocycles. The number of anilines is 1. The van der Waals surface area contributed by atoms with Crippen molar-refractivity contribution in [3.05, 3.63) is 29.8 Å². The van der Waals surface area contributed by atoms with Crippen LogP contribution in [0.1, 0.15) is 23.7 Å². The van der Waals surface area contributed by atoms with Gasteiger partial charge in [0.25, 0.3) is 0 Å². The van der Waals surface area contributed by atoms with Crippen LogP contribution in [0.25, 0.3) is 0 Å². The van der Waals surface area contributed by atoms with Crippen LogP contribution in [0.4, 0.5) is 5.69 Å². The van der Waals surface area contributed by atoms with E-state index in [9.17, 15) is 9.90 Å². The van der Waals surface area contributed by atoms with Gasteiger partial charge in [0.05, 0.1) is 18.4 Å². The molecule has 0 saturated carbocycles. The fourth-order valence-electron chi connectivity index (χ4n) is 2.59. The minimum Gasteiger partial charge on any atom is -0.465 e. The summed E-state index contributed by atoms with van der Waals surface area (Å²) in [7, 11) is 1.39. The molecule has 2 atom stereocenters. The van der Waals surface area contributed by atoms with Crippen LogP contribution in [0, 0.1) is 5.92 Å². The molecule has 2 unspecified atom stereocenters. The Morgan fingerprint density at radius 3 is 2.83 bits per heavy atom. The van der Waals surface area contributed by atoms with Crippen LogP contribution in [-0.2, 0) is 4.74 Å². The SMILES string of the molecule is COC(=O)c1ccccc1N1CCC(CO)C1C. The molecule has 1 N–H and O–H groups in total. The molecule has 1 fully saturated rings. The average Bonchev–Trinajstić information content (AvgIpc) is 2.78. The number of hydrogen-bond donors (Lipinski definition) is 1. The Hall–Kier alpha value is -1.55. The number of hydrogen-bond acceptors (Lipinski definition) is 4. The van der Waals surface area contributed by atoms with Crippen molar-refractivity contribution in [2.24, 2.45) is 5.92 Å². The van der Waals surface area contributed by atoms with Gasteiger partial charge in [-0.1, -0.05) is 12.1 Å². The van der Waals surface area contributed by atoms with Gasteiger partial charge < -0.3 is 14.7 Å². The van der Waals surface area contributed by atoms with Gasteiger partial charge in [-0.2, -0.15) is 0 Å². The first-order valence-electron chi connectivity index (χ1n) is 6.24. The molecule has 4 nitrogen and oxygen atoms in total. The van der Waals surface area contributed by atoms with Crippen molar-refractivity contribution >= 4 is 11.7 Å². The van der Waals surface area contributed by atoms with Crippen molar-refractivity contribution < 1.29 is 14.6 Å². The lowest BCUT2D eigenvalue weighted by atomic mass is 10.0. The smallest absolute Gasteiger partial charge is 0.339 e. The monoisotopic (exact) mass is 249 g/mol. The summed E-state index contributed by atoms with van der Waals surface area (Å²) in [5.74, 6) is -0.0408. The molecule has 1 aromatic carbocycles. The second-order valence-corrected chi connectivity index (χ2v) is 4.67. The normalized spacial score (nSPS) is 23.2. The largest absolute Gasteiger partial charge is 0.465 e. The zero-order valence-corrected chi connectivity index (χ0v) is 10.8. The highest BCUT2D eigenvalue weighted by molar-refractivity contribution is 5.95. The topological polar surface area (TPSA) is 49.8 Å². The average molecular weight is 249 g/mol. The first-order chi connectivity index (χ1) is 8.69. The zero-order chi connectivity index (χ0) is 13.1.